The maximum Gasteiger partial charge on any atom is 0.128 e. The van der Waals surface area contributed by atoms with Crippen LogP contribution >= 0.6 is 0 Å². The first kappa shape index (κ1) is 13.8. The molecule has 0 spiro atoms. The summed E-state index contributed by atoms with van der Waals surface area (Å²) in [6.07, 6.45) is 0.792. The van der Waals surface area contributed by atoms with E-state index in [1.165, 1.54) is 6.07 Å². The molecule has 3 nitrogen and oxygen atoms in total. The van der Waals surface area contributed by atoms with Gasteiger partial charge in [-0.05, 0) is 24.6 Å². The molecule has 1 unspecified atom stereocenters. The third kappa shape index (κ3) is 2.54. The molecule has 2 aromatic carbocycles. The van der Waals surface area contributed by atoms with Crippen molar-refractivity contribution in [2.24, 2.45) is 5.73 Å². The van der Waals surface area contributed by atoms with Gasteiger partial charge in [0.25, 0.3) is 0 Å². The minimum absolute atomic E-state index is 0.149. The first-order chi connectivity index (χ1) is 10.2. The van der Waals surface area contributed by atoms with Gasteiger partial charge in [0.1, 0.15) is 11.6 Å². The first-order valence-electron chi connectivity index (χ1n) is 7.15. The van der Waals surface area contributed by atoms with Crippen LogP contribution in [0, 0.1) is 5.82 Å². The fourth-order valence-corrected chi connectivity index (χ4v) is 2.52. The van der Waals surface area contributed by atoms with Crippen molar-refractivity contribution >= 4 is 11.0 Å². The van der Waals surface area contributed by atoms with Crippen molar-refractivity contribution in [3.63, 3.8) is 0 Å². The zero-order valence-electron chi connectivity index (χ0n) is 12.0. The van der Waals surface area contributed by atoms with E-state index < -0.39 is 0 Å². The zero-order valence-corrected chi connectivity index (χ0v) is 12.0. The number of para-hydroxylation sites is 2. The van der Waals surface area contributed by atoms with Crippen molar-refractivity contribution in [3.05, 3.63) is 65.7 Å². The maximum absolute atomic E-state index is 13.9. The smallest absolute Gasteiger partial charge is 0.128 e. The maximum atomic E-state index is 13.9. The van der Waals surface area contributed by atoms with E-state index in [1.807, 2.05) is 41.8 Å². The van der Waals surface area contributed by atoms with E-state index in [4.69, 9.17) is 5.73 Å². The van der Waals surface area contributed by atoms with Crippen molar-refractivity contribution < 1.29 is 4.39 Å². The summed E-state index contributed by atoms with van der Waals surface area (Å²) in [5, 5.41) is 0. The number of hydrogen-bond donors (Lipinski definition) is 1. The summed E-state index contributed by atoms with van der Waals surface area (Å²) in [5.74, 6) is 0.605. The largest absolute Gasteiger partial charge is 0.322 e. The van der Waals surface area contributed by atoms with E-state index in [0.717, 1.165) is 23.3 Å². The van der Waals surface area contributed by atoms with Crippen LogP contribution in [0.2, 0.25) is 0 Å². The second-order valence-electron chi connectivity index (χ2n) is 5.15. The third-order valence-corrected chi connectivity index (χ3v) is 3.74. The Labute approximate surface area is 123 Å². The average Bonchev–Trinajstić information content (AvgIpc) is 2.88. The van der Waals surface area contributed by atoms with Gasteiger partial charge < -0.3 is 10.3 Å². The van der Waals surface area contributed by atoms with Crippen LogP contribution in [-0.2, 0) is 6.54 Å². The molecule has 0 radical (unpaired) electrons. The van der Waals surface area contributed by atoms with Crippen molar-refractivity contribution in [1.29, 1.82) is 0 Å². The number of benzene rings is 2. The molecule has 0 fully saturated rings. The van der Waals surface area contributed by atoms with E-state index in [9.17, 15) is 4.39 Å². The molecule has 21 heavy (non-hydrogen) atoms. The Hall–Kier alpha value is -2.20. The fraction of sp³-hybridized carbons (Fsp3) is 0.235. The number of hydrogen-bond acceptors (Lipinski definition) is 2. The Morgan fingerprint density at radius 2 is 1.86 bits per heavy atom. The van der Waals surface area contributed by atoms with E-state index in [1.54, 1.807) is 12.1 Å². The molecule has 3 aromatic rings. The fourth-order valence-electron chi connectivity index (χ4n) is 2.52. The summed E-state index contributed by atoms with van der Waals surface area (Å²) in [6, 6.07) is 14.5. The molecular formula is C17H18FN3. The summed E-state index contributed by atoms with van der Waals surface area (Å²) in [6.45, 7) is 2.47. The molecule has 0 aliphatic heterocycles. The highest BCUT2D eigenvalue weighted by Crippen LogP contribution is 2.23. The second kappa shape index (κ2) is 5.66. The van der Waals surface area contributed by atoms with E-state index in [0.29, 0.717) is 12.1 Å². The molecule has 1 aromatic heterocycles. The number of nitrogens with two attached hydrogens (primary N) is 1. The number of aromatic nitrogens is 2. The molecule has 1 heterocycles. The monoisotopic (exact) mass is 283 g/mol. The molecule has 0 bridgehead atoms. The Morgan fingerprint density at radius 1 is 1.14 bits per heavy atom. The van der Waals surface area contributed by atoms with Crippen LogP contribution in [-0.4, -0.2) is 9.55 Å². The van der Waals surface area contributed by atoms with Crippen LogP contribution in [0.5, 0.6) is 0 Å². The van der Waals surface area contributed by atoms with Crippen LogP contribution in [0.25, 0.3) is 11.0 Å². The zero-order chi connectivity index (χ0) is 14.8. The molecule has 4 heteroatoms. The van der Waals surface area contributed by atoms with Gasteiger partial charge in [-0.15, -0.1) is 0 Å². The van der Waals surface area contributed by atoms with Gasteiger partial charge in [-0.2, -0.15) is 0 Å². The van der Waals surface area contributed by atoms with Crippen molar-refractivity contribution in [2.45, 2.75) is 25.9 Å². The van der Waals surface area contributed by atoms with Gasteiger partial charge in [-0.3, -0.25) is 0 Å². The van der Waals surface area contributed by atoms with E-state index >= 15 is 0 Å². The van der Waals surface area contributed by atoms with Crippen molar-refractivity contribution in [2.75, 3.05) is 0 Å². The highest BCUT2D eigenvalue weighted by Gasteiger charge is 2.16. The lowest BCUT2D eigenvalue weighted by Crippen LogP contribution is -2.16. The summed E-state index contributed by atoms with van der Waals surface area (Å²) in [5.41, 5.74) is 8.70. The number of rotatable bonds is 4. The van der Waals surface area contributed by atoms with Gasteiger partial charge in [-0.25, -0.2) is 9.37 Å². The Kier molecular flexibility index (Phi) is 3.71. The molecule has 2 N–H and O–H groups in total. The Bertz CT molecular complexity index is 764. The van der Waals surface area contributed by atoms with Gasteiger partial charge >= 0.3 is 0 Å². The number of halogens is 1. The minimum atomic E-state index is -0.202. The summed E-state index contributed by atoms with van der Waals surface area (Å²) in [4.78, 5) is 4.62. The molecule has 0 saturated carbocycles. The van der Waals surface area contributed by atoms with Crippen LogP contribution in [0.3, 0.4) is 0 Å². The standard InChI is InChI=1S/C17H18FN3/c1-2-14(19)17-20-15-9-5-6-10-16(15)21(17)11-12-7-3-4-8-13(12)18/h3-10,14H,2,11,19H2,1H3. The quantitative estimate of drug-likeness (QED) is 0.794. The lowest BCUT2D eigenvalue weighted by molar-refractivity contribution is 0.576. The SMILES string of the molecule is CCC(N)c1nc2ccccc2n1Cc1ccccc1F. The highest BCUT2D eigenvalue weighted by molar-refractivity contribution is 5.76. The molecule has 0 aliphatic carbocycles. The van der Waals surface area contributed by atoms with Crippen LogP contribution in [0.4, 0.5) is 4.39 Å². The minimum Gasteiger partial charge on any atom is -0.322 e. The first-order valence-corrected chi connectivity index (χ1v) is 7.15. The molecule has 108 valence electrons. The molecular weight excluding hydrogens is 265 g/mol. The lowest BCUT2D eigenvalue weighted by atomic mass is 10.2. The normalized spacial score (nSPS) is 12.7. The predicted octanol–water partition coefficient (Wildman–Crippen LogP) is 3.63. The predicted molar refractivity (Wildman–Crippen MR) is 82.5 cm³/mol. The Balaban J connectivity index is 2.13. The molecule has 0 saturated heterocycles. The van der Waals surface area contributed by atoms with Gasteiger partial charge in [0, 0.05) is 5.56 Å². The van der Waals surface area contributed by atoms with E-state index in [2.05, 4.69) is 4.98 Å². The van der Waals surface area contributed by atoms with E-state index in [-0.39, 0.29) is 11.9 Å². The molecule has 3 rings (SSSR count). The van der Waals surface area contributed by atoms with Crippen LogP contribution in [0.1, 0.15) is 30.8 Å². The molecule has 1 atom stereocenters. The summed E-state index contributed by atoms with van der Waals surface area (Å²) in [7, 11) is 0. The van der Waals surface area contributed by atoms with Crippen molar-refractivity contribution in [1.82, 2.24) is 9.55 Å². The second-order valence-corrected chi connectivity index (χ2v) is 5.15. The number of fused-ring (bicyclic) bond motifs is 1. The molecule has 0 aliphatic rings. The van der Waals surface area contributed by atoms with Crippen LogP contribution in [0.15, 0.2) is 48.5 Å². The topological polar surface area (TPSA) is 43.8 Å². The van der Waals surface area contributed by atoms with Gasteiger partial charge in [-0.1, -0.05) is 37.3 Å². The Morgan fingerprint density at radius 3 is 2.62 bits per heavy atom. The summed E-state index contributed by atoms with van der Waals surface area (Å²) >= 11 is 0. The van der Waals surface area contributed by atoms with Gasteiger partial charge in [0.2, 0.25) is 0 Å². The van der Waals surface area contributed by atoms with Crippen molar-refractivity contribution in [3.8, 4) is 0 Å². The average molecular weight is 283 g/mol. The lowest BCUT2D eigenvalue weighted by Gasteiger charge is -2.13. The van der Waals surface area contributed by atoms with Gasteiger partial charge in [0.05, 0.1) is 23.6 Å². The van der Waals surface area contributed by atoms with Crippen LogP contribution < -0.4 is 5.73 Å². The number of nitrogens with zero attached hydrogens (tertiary/aromatic N) is 2. The van der Waals surface area contributed by atoms with Gasteiger partial charge in [0.15, 0.2) is 0 Å². The molecule has 0 amide bonds. The summed E-state index contributed by atoms with van der Waals surface area (Å²) < 4.78 is 15.9. The number of imidazole rings is 1. The highest BCUT2D eigenvalue weighted by atomic mass is 19.1. The third-order valence-electron chi connectivity index (χ3n) is 3.74.